The number of fused-ring (bicyclic) bond motifs is 1. The number of hydrogen-bond acceptors (Lipinski definition) is 5. The number of benzene rings is 2. The van der Waals surface area contributed by atoms with Crippen LogP contribution in [0.1, 0.15) is 12.5 Å². The second kappa shape index (κ2) is 6.92. The molecule has 3 aromatic rings. The van der Waals surface area contributed by atoms with E-state index in [1.165, 1.54) is 21.5 Å². The van der Waals surface area contributed by atoms with Gasteiger partial charge >= 0.3 is 0 Å². The fourth-order valence-corrected chi connectivity index (χ4v) is 4.44. The molecule has 2 heterocycles. The topological polar surface area (TPSA) is 28.6 Å². The van der Waals surface area contributed by atoms with Crippen molar-refractivity contribution >= 4 is 32.4 Å². The molecule has 0 N–H and O–H groups in total. The van der Waals surface area contributed by atoms with Gasteiger partial charge in [0.2, 0.25) is 0 Å². The Labute approximate surface area is 152 Å². The Kier molecular flexibility index (Phi) is 4.49. The zero-order chi connectivity index (χ0) is 17.2. The summed E-state index contributed by atoms with van der Waals surface area (Å²) in [6.07, 6.45) is 1.03. The summed E-state index contributed by atoms with van der Waals surface area (Å²) >= 11 is 1.81. The molecule has 1 saturated heterocycles. The van der Waals surface area contributed by atoms with Gasteiger partial charge in [0.25, 0.3) is 0 Å². The summed E-state index contributed by atoms with van der Waals surface area (Å²) in [5, 5.41) is 1.15. The summed E-state index contributed by atoms with van der Waals surface area (Å²) in [6, 6.07) is 14.8. The summed E-state index contributed by atoms with van der Waals surface area (Å²) in [4.78, 5) is 9.78. The highest BCUT2D eigenvalue weighted by Gasteiger charge is 2.20. The van der Waals surface area contributed by atoms with Gasteiger partial charge in [-0.3, -0.25) is 0 Å². The van der Waals surface area contributed by atoms with Gasteiger partial charge in [-0.15, -0.1) is 0 Å². The quantitative estimate of drug-likeness (QED) is 0.703. The predicted octanol–water partition coefficient (Wildman–Crippen LogP) is 4.19. The average molecular weight is 353 g/mol. The van der Waals surface area contributed by atoms with Crippen LogP contribution in [0.3, 0.4) is 0 Å². The Morgan fingerprint density at radius 3 is 2.56 bits per heavy atom. The molecule has 1 aliphatic heterocycles. The third-order valence-corrected chi connectivity index (χ3v) is 5.92. The van der Waals surface area contributed by atoms with Crippen molar-refractivity contribution in [2.75, 3.05) is 43.1 Å². The van der Waals surface area contributed by atoms with Crippen molar-refractivity contribution in [2.45, 2.75) is 13.3 Å². The number of aryl methyl sites for hydroxylation is 1. The molecule has 1 fully saturated rings. The van der Waals surface area contributed by atoms with Crippen LogP contribution in [0.2, 0.25) is 0 Å². The largest absolute Gasteiger partial charge is 0.497 e. The molecule has 5 heteroatoms. The van der Waals surface area contributed by atoms with Crippen LogP contribution in [0, 0.1) is 0 Å². The van der Waals surface area contributed by atoms with Gasteiger partial charge in [0.15, 0.2) is 5.13 Å². The minimum Gasteiger partial charge on any atom is -0.497 e. The van der Waals surface area contributed by atoms with E-state index < -0.39 is 0 Å². The van der Waals surface area contributed by atoms with Crippen LogP contribution < -0.4 is 14.5 Å². The predicted molar refractivity (Wildman–Crippen MR) is 106 cm³/mol. The molecular formula is C20H23N3OS. The van der Waals surface area contributed by atoms with Crippen molar-refractivity contribution in [1.82, 2.24) is 4.98 Å². The van der Waals surface area contributed by atoms with Crippen molar-refractivity contribution in [3.05, 3.63) is 48.0 Å². The Hall–Kier alpha value is -2.27. The van der Waals surface area contributed by atoms with Crippen LogP contribution in [-0.4, -0.2) is 38.3 Å². The van der Waals surface area contributed by atoms with Gasteiger partial charge in [-0.25, -0.2) is 4.98 Å². The lowest BCUT2D eigenvalue weighted by atomic mass is 10.1. The normalized spacial score (nSPS) is 15.0. The zero-order valence-electron chi connectivity index (χ0n) is 14.7. The number of nitrogens with zero attached hydrogens (tertiary/aromatic N) is 3. The van der Waals surface area contributed by atoms with Crippen LogP contribution >= 0.6 is 11.3 Å². The molecule has 130 valence electrons. The first kappa shape index (κ1) is 16.2. The number of thiazole rings is 1. The minimum atomic E-state index is 0.915. The molecule has 1 aliphatic rings. The van der Waals surface area contributed by atoms with Gasteiger partial charge in [0, 0.05) is 37.9 Å². The van der Waals surface area contributed by atoms with Gasteiger partial charge < -0.3 is 14.5 Å². The number of hydrogen-bond donors (Lipinski definition) is 0. The van der Waals surface area contributed by atoms with E-state index in [4.69, 9.17) is 9.72 Å². The first-order chi connectivity index (χ1) is 12.3. The highest BCUT2D eigenvalue weighted by atomic mass is 32.1. The van der Waals surface area contributed by atoms with Crippen LogP contribution in [0.15, 0.2) is 42.5 Å². The molecule has 4 nitrogen and oxygen atoms in total. The Morgan fingerprint density at radius 2 is 1.80 bits per heavy atom. The molecule has 25 heavy (non-hydrogen) atoms. The van der Waals surface area contributed by atoms with E-state index in [1.807, 2.05) is 17.4 Å². The Bertz CT molecular complexity index is 868. The summed E-state index contributed by atoms with van der Waals surface area (Å²) < 4.78 is 6.64. The van der Waals surface area contributed by atoms with Crippen LogP contribution in [0.4, 0.5) is 10.8 Å². The lowest BCUT2D eigenvalue weighted by molar-refractivity contribution is 0.414. The van der Waals surface area contributed by atoms with E-state index in [1.54, 1.807) is 7.11 Å². The van der Waals surface area contributed by atoms with Gasteiger partial charge in [0.1, 0.15) is 5.75 Å². The highest BCUT2D eigenvalue weighted by molar-refractivity contribution is 7.22. The van der Waals surface area contributed by atoms with Crippen molar-refractivity contribution in [3.63, 3.8) is 0 Å². The fraction of sp³-hybridized carbons (Fsp3) is 0.350. The molecule has 0 unspecified atom stereocenters. The molecule has 0 saturated carbocycles. The molecule has 0 radical (unpaired) electrons. The van der Waals surface area contributed by atoms with E-state index >= 15 is 0 Å². The van der Waals surface area contributed by atoms with Crippen molar-refractivity contribution < 1.29 is 4.74 Å². The Morgan fingerprint density at radius 1 is 1.04 bits per heavy atom. The molecule has 0 aliphatic carbocycles. The monoisotopic (exact) mass is 353 g/mol. The summed E-state index contributed by atoms with van der Waals surface area (Å²) in [5.41, 5.74) is 3.76. The number of anilines is 2. The lowest BCUT2D eigenvalue weighted by Gasteiger charge is -2.36. The number of rotatable bonds is 4. The average Bonchev–Trinajstić information content (AvgIpc) is 3.12. The Balaban J connectivity index is 1.50. The molecule has 4 rings (SSSR count). The van der Waals surface area contributed by atoms with Crippen molar-refractivity contribution in [2.24, 2.45) is 0 Å². The smallest absolute Gasteiger partial charge is 0.186 e. The van der Waals surface area contributed by atoms with E-state index in [0.717, 1.165) is 43.5 Å². The third kappa shape index (κ3) is 3.16. The molecule has 0 bridgehead atoms. The van der Waals surface area contributed by atoms with Gasteiger partial charge in [-0.1, -0.05) is 36.5 Å². The summed E-state index contributed by atoms with van der Waals surface area (Å²) in [6.45, 7) is 6.20. The van der Waals surface area contributed by atoms with Crippen LogP contribution in [0.25, 0.3) is 10.2 Å². The van der Waals surface area contributed by atoms with E-state index in [-0.39, 0.29) is 0 Å². The molecule has 0 spiro atoms. The number of para-hydroxylation sites is 1. The summed E-state index contributed by atoms with van der Waals surface area (Å²) in [5.74, 6) is 0.915. The van der Waals surface area contributed by atoms with Gasteiger partial charge in [-0.05, 0) is 30.2 Å². The molecule has 0 atom stereocenters. The van der Waals surface area contributed by atoms with Crippen LogP contribution in [0.5, 0.6) is 5.75 Å². The van der Waals surface area contributed by atoms with E-state index in [9.17, 15) is 0 Å². The van der Waals surface area contributed by atoms with Crippen LogP contribution in [-0.2, 0) is 6.42 Å². The first-order valence-corrected chi connectivity index (χ1v) is 9.62. The number of methoxy groups -OCH3 is 1. The maximum Gasteiger partial charge on any atom is 0.186 e. The number of aromatic nitrogens is 1. The maximum absolute atomic E-state index is 5.35. The zero-order valence-corrected chi connectivity index (χ0v) is 15.6. The molecule has 2 aromatic carbocycles. The van der Waals surface area contributed by atoms with E-state index in [2.05, 4.69) is 53.1 Å². The highest BCUT2D eigenvalue weighted by Crippen LogP contribution is 2.32. The second-order valence-electron chi connectivity index (χ2n) is 6.29. The van der Waals surface area contributed by atoms with Gasteiger partial charge in [-0.2, -0.15) is 0 Å². The standard InChI is InChI=1S/C20H23N3OS/c1-3-15-6-4-9-18-19(15)21-20(25-18)23-12-10-22(11-13-23)16-7-5-8-17(14-16)24-2/h4-9,14H,3,10-13H2,1-2H3. The molecule has 0 amide bonds. The van der Waals surface area contributed by atoms with Crippen molar-refractivity contribution in [3.8, 4) is 5.75 Å². The minimum absolute atomic E-state index is 0.915. The van der Waals surface area contributed by atoms with Gasteiger partial charge in [0.05, 0.1) is 17.3 Å². The number of piperazine rings is 1. The number of ether oxygens (including phenoxy) is 1. The fourth-order valence-electron chi connectivity index (χ4n) is 3.38. The molecular weight excluding hydrogens is 330 g/mol. The maximum atomic E-state index is 5.35. The SMILES string of the molecule is CCc1cccc2sc(N3CCN(c4cccc(OC)c4)CC3)nc12. The summed E-state index contributed by atoms with van der Waals surface area (Å²) in [7, 11) is 1.72. The lowest BCUT2D eigenvalue weighted by Crippen LogP contribution is -2.46. The second-order valence-corrected chi connectivity index (χ2v) is 7.30. The molecule has 1 aromatic heterocycles. The first-order valence-electron chi connectivity index (χ1n) is 8.81. The van der Waals surface area contributed by atoms with Crippen molar-refractivity contribution in [1.29, 1.82) is 0 Å². The third-order valence-electron chi connectivity index (χ3n) is 4.84. The van der Waals surface area contributed by atoms with E-state index in [0.29, 0.717) is 0 Å².